The van der Waals surface area contributed by atoms with Crippen LogP contribution in [0.25, 0.3) is 11.7 Å². The van der Waals surface area contributed by atoms with E-state index in [0.29, 0.717) is 39.3 Å². The molecule has 1 amide bonds. The Morgan fingerprint density at radius 1 is 1.06 bits per heavy atom. The van der Waals surface area contributed by atoms with Crippen molar-refractivity contribution >= 4 is 51.7 Å². The number of hydrogen-bond donors (Lipinski definition) is 1. The number of nitrogens with one attached hydrogen (secondary N) is 1. The highest BCUT2D eigenvalue weighted by Gasteiger charge is 2.32. The van der Waals surface area contributed by atoms with Crippen LogP contribution >= 0.6 is 24.0 Å². The number of thioether (sulfide) groups is 1. The van der Waals surface area contributed by atoms with Gasteiger partial charge in [-0.15, -0.1) is 0 Å². The lowest BCUT2D eigenvalue weighted by Crippen LogP contribution is -2.29. The Bertz CT molecular complexity index is 1330. The van der Waals surface area contributed by atoms with Gasteiger partial charge < -0.3 is 5.32 Å². The van der Waals surface area contributed by atoms with Gasteiger partial charge in [-0.25, -0.2) is 4.98 Å². The highest BCUT2D eigenvalue weighted by atomic mass is 32.2. The van der Waals surface area contributed by atoms with Crippen LogP contribution in [0.15, 0.2) is 58.4 Å². The molecule has 1 fully saturated rings. The number of thiocarbonyl (C=S) groups is 1. The molecule has 1 aliphatic rings. The Balaban J connectivity index is 1.61. The lowest BCUT2D eigenvalue weighted by molar-refractivity contribution is -0.122. The quantitative estimate of drug-likeness (QED) is 0.195. The molecule has 188 valence electrons. The molecule has 6 nitrogen and oxygen atoms in total. The molecule has 0 bridgehead atoms. The first-order chi connectivity index (χ1) is 17.5. The van der Waals surface area contributed by atoms with Crippen LogP contribution in [0.2, 0.25) is 0 Å². The van der Waals surface area contributed by atoms with Gasteiger partial charge in [0, 0.05) is 19.3 Å². The van der Waals surface area contributed by atoms with E-state index in [1.165, 1.54) is 34.6 Å². The van der Waals surface area contributed by atoms with Gasteiger partial charge in [-0.1, -0.05) is 93.0 Å². The predicted molar refractivity (Wildman–Crippen MR) is 153 cm³/mol. The van der Waals surface area contributed by atoms with Crippen molar-refractivity contribution < 1.29 is 4.79 Å². The first kappa shape index (κ1) is 26.1. The highest BCUT2D eigenvalue weighted by Crippen LogP contribution is 2.33. The number of fused-ring (bicyclic) bond motifs is 1. The fourth-order valence-corrected chi connectivity index (χ4v) is 5.53. The number of anilines is 1. The van der Waals surface area contributed by atoms with Gasteiger partial charge in [0.25, 0.3) is 11.5 Å². The maximum atomic E-state index is 13.5. The average Bonchev–Trinajstić information content (AvgIpc) is 3.14. The number of pyridine rings is 1. The molecule has 3 heterocycles. The van der Waals surface area contributed by atoms with E-state index < -0.39 is 0 Å². The Morgan fingerprint density at radius 2 is 1.83 bits per heavy atom. The van der Waals surface area contributed by atoms with Crippen molar-refractivity contribution in [1.82, 2.24) is 14.3 Å². The summed E-state index contributed by atoms with van der Waals surface area (Å²) in [7, 11) is 0. The van der Waals surface area contributed by atoms with Crippen molar-refractivity contribution in [2.75, 3.05) is 18.4 Å². The standard InChI is InChI=1S/C28H32N4O2S2/c1-3-4-5-6-10-17-32-27(34)23(36-28(32)35)19-22-24(29-16-15-21-13-8-7-9-14-21)30-25-20(2)12-11-18-31(25)26(22)33/h7-9,11-14,18-19,29H,3-6,10,15-17H2,1-2H3/b23-19+. The van der Waals surface area contributed by atoms with Crippen molar-refractivity contribution in [2.45, 2.75) is 52.4 Å². The number of hydrogen-bond acceptors (Lipinski definition) is 6. The first-order valence-corrected chi connectivity index (χ1v) is 13.8. The minimum absolute atomic E-state index is 0.135. The molecule has 0 atom stereocenters. The largest absolute Gasteiger partial charge is 0.369 e. The van der Waals surface area contributed by atoms with Gasteiger partial charge in [0.2, 0.25) is 0 Å². The van der Waals surface area contributed by atoms with E-state index in [0.717, 1.165) is 31.2 Å². The second-order valence-electron chi connectivity index (χ2n) is 8.97. The molecule has 36 heavy (non-hydrogen) atoms. The van der Waals surface area contributed by atoms with Gasteiger partial charge in [-0.3, -0.25) is 18.9 Å². The molecule has 2 aromatic heterocycles. The van der Waals surface area contributed by atoms with E-state index in [4.69, 9.17) is 17.2 Å². The third-order valence-corrected chi connectivity index (χ3v) is 7.65. The number of rotatable bonds is 11. The summed E-state index contributed by atoms with van der Waals surface area (Å²) >= 11 is 6.77. The number of amides is 1. The number of benzene rings is 1. The average molecular weight is 521 g/mol. The van der Waals surface area contributed by atoms with Crippen molar-refractivity contribution in [1.29, 1.82) is 0 Å². The monoisotopic (exact) mass is 520 g/mol. The van der Waals surface area contributed by atoms with Crippen LogP contribution in [-0.4, -0.2) is 37.6 Å². The highest BCUT2D eigenvalue weighted by molar-refractivity contribution is 8.26. The van der Waals surface area contributed by atoms with Crippen LogP contribution < -0.4 is 10.9 Å². The van der Waals surface area contributed by atoms with Crippen LogP contribution in [0.4, 0.5) is 5.82 Å². The molecule has 1 N–H and O–H groups in total. The fraction of sp³-hybridized carbons (Fsp3) is 0.357. The van der Waals surface area contributed by atoms with E-state index in [1.807, 2.05) is 37.3 Å². The summed E-state index contributed by atoms with van der Waals surface area (Å²) in [5, 5.41) is 3.35. The normalized spacial score (nSPS) is 14.8. The Kier molecular flexibility index (Phi) is 8.93. The number of carbonyl (C=O) groups excluding carboxylic acids is 1. The third-order valence-electron chi connectivity index (χ3n) is 6.27. The fourth-order valence-electron chi connectivity index (χ4n) is 4.24. The zero-order chi connectivity index (χ0) is 25.5. The first-order valence-electron chi connectivity index (χ1n) is 12.5. The molecule has 0 spiro atoms. The summed E-state index contributed by atoms with van der Waals surface area (Å²) < 4.78 is 2.09. The summed E-state index contributed by atoms with van der Waals surface area (Å²) in [6.07, 6.45) is 9.71. The molecule has 1 saturated heterocycles. The molecule has 1 aliphatic heterocycles. The van der Waals surface area contributed by atoms with E-state index in [1.54, 1.807) is 17.2 Å². The van der Waals surface area contributed by atoms with Crippen LogP contribution in [0.3, 0.4) is 0 Å². The molecule has 0 saturated carbocycles. The zero-order valence-corrected chi connectivity index (χ0v) is 22.5. The molecule has 1 aromatic carbocycles. The van der Waals surface area contributed by atoms with Gasteiger partial charge >= 0.3 is 0 Å². The second-order valence-corrected chi connectivity index (χ2v) is 10.6. The molecular formula is C28H32N4O2S2. The molecule has 0 unspecified atom stereocenters. The number of nitrogens with zero attached hydrogens (tertiary/aromatic N) is 3. The molecular weight excluding hydrogens is 488 g/mol. The Hall–Kier alpha value is -2.97. The van der Waals surface area contributed by atoms with Crippen molar-refractivity contribution in [2.24, 2.45) is 0 Å². The van der Waals surface area contributed by atoms with E-state index in [2.05, 4.69) is 24.4 Å². The molecule has 4 rings (SSSR count). The summed E-state index contributed by atoms with van der Waals surface area (Å²) in [5.74, 6) is 0.347. The lowest BCUT2D eigenvalue weighted by Gasteiger charge is -2.14. The van der Waals surface area contributed by atoms with Crippen molar-refractivity contribution in [3.63, 3.8) is 0 Å². The van der Waals surface area contributed by atoms with E-state index >= 15 is 0 Å². The SMILES string of the molecule is CCCCCCCN1C(=O)/C(=C\c2c(NCCc3ccccc3)nc3c(C)cccn3c2=O)SC1=S. The van der Waals surface area contributed by atoms with Crippen LogP contribution in [0.1, 0.15) is 55.7 Å². The van der Waals surface area contributed by atoms with Crippen LogP contribution in [0.5, 0.6) is 0 Å². The number of aryl methyl sites for hydroxylation is 1. The maximum absolute atomic E-state index is 13.5. The van der Waals surface area contributed by atoms with Crippen LogP contribution in [0, 0.1) is 6.92 Å². The lowest BCUT2D eigenvalue weighted by atomic mass is 10.1. The Morgan fingerprint density at radius 3 is 2.61 bits per heavy atom. The molecule has 0 aliphatic carbocycles. The predicted octanol–water partition coefficient (Wildman–Crippen LogP) is 5.83. The zero-order valence-electron chi connectivity index (χ0n) is 20.8. The van der Waals surface area contributed by atoms with Crippen molar-refractivity contribution in [3.05, 3.63) is 80.6 Å². The number of carbonyl (C=O) groups is 1. The van der Waals surface area contributed by atoms with Crippen molar-refractivity contribution in [3.8, 4) is 0 Å². The summed E-state index contributed by atoms with van der Waals surface area (Å²) in [4.78, 5) is 33.6. The minimum Gasteiger partial charge on any atom is -0.369 e. The maximum Gasteiger partial charge on any atom is 0.267 e. The van der Waals surface area contributed by atoms with Crippen LogP contribution in [-0.2, 0) is 11.2 Å². The number of aromatic nitrogens is 2. The van der Waals surface area contributed by atoms with Gasteiger partial charge in [-0.2, -0.15) is 0 Å². The van der Waals surface area contributed by atoms with Gasteiger partial charge in [0.1, 0.15) is 15.8 Å². The molecule has 8 heteroatoms. The van der Waals surface area contributed by atoms with E-state index in [9.17, 15) is 9.59 Å². The second kappa shape index (κ2) is 12.3. The molecule has 3 aromatic rings. The summed E-state index contributed by atoms with van der Waals surface area (Å²) in [6.45, 7) is 5.34. The minimum atomic E-state index is -0.212. The van der Waals surface area contributed by atoms with Gasteiger partial charge in [-0.05, 0) is 43.0 Å². The summed E-state index contributed by atoms with van der Waals surface area (Å²) in [6, 6.07) is 13.9. The van der Waals surface area contributed by atoms with Gasteiger partial charge in [0.05, 0.1) is 10.5 Å². The number of unbranched alkanes of at least 4 members (excludes halogenated alkanes) is 4. The Labute approximate surface area is 221 Å². The molecule has 0 radical (unpaired) electrons. The summed E-state index contributed by atoms with van der Waals surface area (Å²) in [5.41, 5.74) is 2.86. The topological polar surface area (TPSA) is 66.7 Å². The third kappa shape index (κ3) is 6.05. The van der Waals surface area contributed by atoms with Gasteiger partial charge in [0.15, 0.2) is 0 Å². The smallest absolute Gasteiger partial charge is 0.267 e. The van der Waals surface area contributed by atoms with E-state index in [-0.39, 0.29) is 11.5 Å².